The number of hydrogen-bond acceptors (Lipinski definition) is 4. The van der Waals surface area contributed by atoms with E-state index in [0.29, 0.717) is 11.4 Å². The summed E-state index contributed by atoms with van der Waals surface area (Å²) in [5.74, 6) is -0.696. The van der Waals surface area contributed by atoms with Gasteiger partial charge in [0.15, 0.2) is 5.75 Å². The van der Waals surface area contributed by atoms with E-state index in [2.05, 4.69) is 11.8 Å². The quantitative estimate of drug-likeness (QED) is 0.811. The van der Waals surface area contributed by atoms with Gasteiger partial charge in [-0.1, -0.05) is 13.0 Å². The molecule has 1 aliphatic rings. The van der Waals surface area contributed by atoms with Crippen LogP contribution in [0.15, 0.2) is 18.2 Å². The highest BCUT2D eigenvalue weighted by molar-refractivity contribution is 5.93. The summed E-state index contributed by atoms with van der Waals surface area (Å²) in [6, 6.07) is 4.82. The summed E-state index contributed by atoms with van der Waals surface area (Å²) in [7, 11) is 0. The Hall–Kier alpha value is -1.75. The molecule has 0 aromatic heterocycles. The van der Waals surface area contributed by atoms with Gasteiger partial charge >= 0.3 is 5.97 Å². The Kier molecular flexibility index (Phi) is 4.27. The van der Waals surface area contributed by atoms with Crippen molar-refractivity contribution in [3.05, 3.63) is 23.8 Å². The van der Waals surface area contributed by atoms with Gasteiger partial charge in [-0.15, -0.1) is 0 Å². The molecule has 5 nitrogen and oxygen atoms in total. The molecule has 0 bridgehead atoms. The fourth-order valence-electron chi connectivity index (χ4n) is 2.36. The summed E-state index contributed by atoms with van der Waals surface area (Å²) in [6.07, 6.45) is 1.85. The number of nitrogen functional groups attached to an aromatic ring is 1. The molecule has 19 heavy (non-hydrogen) atoms. The van der Waals surface area contributed by atoms with Crippen molar-refractivity contribution in [3.8, 4) is 5.75 Å². The van der Waals surface area contributed by atoms with Crippen molar-refractivity contribution in [2.24, 2.45) is 0 Å². The highest BCUT2D eigenvalue weighted by Crippen LogP contribution is 2.29. The third-order valence-corrected chi connectivity index (χ3v) is 3.54. The molecule has 1 aliphatic heterocycles. The minimum absolute atomic E-state index is 0.0469. The van der Waals surface area contributed by atoms with E-state index in [4.69, 9.17) is 15.6 Å². The van der Waals surface area contributed by atoms with Crippen LogP contribution in [0.3, 0.4) is 0 Å². The van der Waals surface area contributed by atoms with Gasteiger partial charge in [0.1, 0.15) is 11.7 Å². The number of piperidine rings is 1. The van der Waals surface area contributed by atoms with Crippen molar-refractivity contribution in [1.82, 2.24) is 4.90 Å². The number of carboxylic acid groups (broad SMARTS) is 1. The lowest BCUT2D eigenvalue weighted by atomic mass is 10.1. The molecule has 0 radical (unpaired) electrons. The molecule has 104 valence electrons. The fraction of sp³-hybridized carbons (Fsp3) is 0.500. The van der Waals surface area contributed by atoms with Crippen LogP contribution in [0.4, 0.5) is 5.69 Å². The van der Waals surface area contributed by atoms with Crippen LogP contribution in [-0.2, 0) is 0 Å². The van der Waals surface area contributed by atoms with Crippen LogP contribution in [0.2, 0.25) is 0 Å². The molecule has 0 spiro atoms. The maximum Gasteiger partial charge on any atom is 0.339 e. The van der Waals surface area contributed by atoms with Gasteiger partial charge in [-0.3, -0.25) is 0 Å². The normalized spacial score (nSPS) is 17.3. The molecule has 3 N–H and O–H groups in total. The number of anilines is 1. The highest BCUT2D eigenvalue weighted by atomic mass is 16.5. The topological polar surface area (TPSA) is 75.8 Å². The maximum absolute atomic E-state index is 11.2. The number of carbonyl (C=O) groups is 1. The van der Waals surface area contributed by atoms with Crippen molar-refractivity contribution < 1.29 is 14.6 Å². The first-order valence-corrected chi connectivity index (χ1v) is 6.62. The number of aromatic carboxylic acids is 1. The fourth-order valence-corrected chi connectivity index (χ4v) is 2.36. The molecule has 0 amide bonds. The van der Waals surface area contributed by atoms with Gasteiger partial charge in [-0.2, -0.15) is 0 Å². The van der Waals surface area contributed by atoms with Gasteiger partial charge in [0.05, 0.1) is 5.69 Å². The first-order valence-electron chi connectivity index (χ1n) is 6.62. The van der Waals surface area contributed by atoms with E-state index in [-0.39, 0.29) is 11.7 Å². The van der Waals surface area contributed by atoms with Gasteiger partial charge in [-0.05, 0) is 31.5 Å². The lowest BCUT2D eigenvalue weighted by molar-refractivity contribution is 0.0679. The highest BCUT2D eigenvalue weighted by Gasteiger charge is 2.22. The summed E-state index contributed by atoms with van der Waals surface area (Å²) in [6.45, 7) is 5.14. The molecule has 1 aromatic carbocycles. The number of ether oxygens (including phenoxy) is 1. The first-order chi connectivity index (χ1) is 9.11. The zero-order chi connectivity index (χ0) is 13.8. The number of nitrogens with zero attached hydrogens (tertiary/aromatic N) is 1. The van der Waals surface area contributed by atoms with Gasteiger partial charge in [0.2, 0.25) is 0 Å². The first kappa shape index (κ1) is 13.7. The van der Waals surface area contributed by atoms with E-state index >= 15 is 0 Å². The molecule has 2 rings (SSSR count). The van der Waals surface area contributed by atoms with Gasteiger partial charge < -0.3 is 20.5 Å². The van der Waals surface area contributed by atoms with Crippen LogP contribution in [0.1, 0.15) is 30.1 Å². The lowest BCUT2D eigenvalue weighted by Gasteiger charge is -2.31. The Morgan fingerprint density at radius 2 is 2.16 bits per heavy atom. The number of nitrogens with two attached hydrogens (primary N) is 1. The van der Waals surface area contributed by atoms with Gasteiger partial charge in [0.25, 0.3) is 0 Å². The third-order valence-electron chi connectivity index (χ3n) is 3.54. The number of rotatable bonds is 4. The predicted molar refractivity (Wildman–Crippen MR) is 73.6 cm³/mol. The van der Waals surface area contributed by atoms with Crippen LogP contribution in [0.25, 0.3) is 0 Å². The smallest absolute Gasteiger partial charge is 0.339 e. The van der Waals surface area contributed by atoms with E-state index < -0.39 is 5.97 Å². The maximum atomic E-state index is 11.2. The summed E-state index contributed by atoms with van der Waals surface area (Å²) in [5, 5.41) is 9.16. The molecule has 0 atom stereocenters. The number of para-hydroxylation sites is 1. The van der Waals surface area contributed by atoms with E-state index in [1.54, 1.807) is 12.1 Å². The van der Waals surface area contributed by atoms with Crippen LogP contribution in [-0.4, -0.2) is 41.7 Å². The molecule has 0 aliphatic carbocycles. The van der Waals surface area contributed by atoms with E-state index in [0.717, 1.165) is 32.5 Å². The second kappa shape index (κ2) is 5.93. The molecule has 0 unspecified atom stereocenters. The molecule has 1 saturated heterocycles. The Balaban J connectivity index is 2.09. The zero-order valence-corrected chi connectivity index (χ0v) is 11.1. The molecular weight excluding hydrogens is 244 g/mol. The van der Waals surface area contributed by atoms with E-state index in [1.807, 2.05) is 0 Å². The van der Waals surface area contributed by atoms with Gasteiger partial charge in [-0.25, -0.2) is 4.79 Å². The molecule has 0 saturated carbocycles. The second-order valence-electron chi connectivity index (χ2n) is 4.78. The predicted octanol–water partition coefficient (Wildman–Crippen LogP) is 1.83. The molecular formula is C14H20N2O3. The number of carboxylic acids is 1. The molecule has 1 aromatic rings. The third kappa shape index (κ3) is 3.17. The number of likely N-dealkylation sites (tertiary alicyclic amines) is 1. The van der Waals surface area contributed by atoms with Crippen LogP contribution in [0, 0.1) is 0 Å². The largest absolute Gasteiger partial charge is 0.487 e. The Morgan fingerprint density at radius 1 is 1.47 bits per heavy atom. The standard InChI is InChI=1S/C14H20N2O3/c1-2-16-8-6-10(7-9-16)19-13-11(14(17)18)4-3-5-12(13)15/h3-5,10H,2,6-9,15H2,1H3,(H,17,18). The van der Waals surface area contributed by atoms with E-state index in [9.17, 15) is 4.79 Å². The van der Waals surface area contributed by atoms with Crippen molar-refractivity contribution in [1.29, 1.82) is 0 Å². The number of benzene rings is 1. The Labute approximate surface area is 113 Å². The van der Waals surface area contributed by atoms with Crippen molar-refractivity contribution in [3.63, 3.8) is 0 Å². The SMILES string of the molecule is CCN1CCC(Oc2c(N)cccc2C(=O)O)CC1. The zero-order valence-electron chi connectivity index (χ0n) is 11.1. The van der Waals surface area contributed by atoms with Crippen LogP contribution < -0.4 is 10.5 Å². The average Bonchev–Trinajstić information content (AvgIpc) is 2.41. The van der Waals surface area contributed by atoms with E-state index in [1.165, 1.54) is 6.07 Å². The molecule has 1 fully saturated rings. The summed E-state index contributed by atoms with van der Waals surface area (Å²) >= 11 is 0. The van der Waals surface area contributed by atoms with Gasteiger partial charge in [0, 0.05) is 13.1 Å². The summed E-state index contributed by atoms with van der Waals surface area (Å²) < 4.78 is 5.84. The molecule has 5 heteroatoms. The monoisotopic (exact) mass is 264 g/mol. The number of hydrogen-bond donors (Lipinski definition) is 2. The molecule has 1 heterocycles. The van der Waals surface area contributed by atoms with Crippen molar-refractivity contribution in [2.75, 3.05) is 25.4 Å². The average molecular weight is 264 g/mol. The minimum Gasteiger partial charge on any atom is -0.487 e. The lowest BCUT2D eigenvalue weighted by Crippen LogP contribution is -2.38. The van der Waals surface area contributed by atoms with Crippen molar-refractivity contribution in [2.45, 2.75) is 25.9 Å². The van der Waals surface area contributed by atoms with Crippen LogP contribution in [0.5, 0.6) is 5.75 Å². The Bertz CT molecular complexity index is 454. The second-order valence-corrected chi connectivity index (χ2v) is 4.78. The summed E-state index contributed by atoms with van der Waals surface area (Å²) in [4.78, 5) is 13.5. The Morgan fingerprint density at radius 3 is 2.74 bits per heavy atom. The van der Waals surface area contributed by atoms with Crippen molar-refractivity contribution >= 4 is 11.7 Å². The minimum atomic E-state index is -1.01. The van der Waals surface area contributed by atoms with Crippen LogP contribution >= 0.6 is 0 Å². The summed E-state index contributed by atoms with van der Waals surface area (Å²) in [5.41, 5.74) is 6.35.